The van der Waals surface area contributed by atoms with E-state index in [0.717, 1.165) is 52.9 Å². The molecule has 1 aromatic heterocycles. The zero-order valence-corrected chi connectivity index (χ0v) is 14.0. The summed E-state index contributed by atoms with van der Waals surface area (Å²) in [5.74, 6) is 2.34. The fourth-order valence-corrected chi connectivity index (χ4v) is 2.63. The van der Waals surface area contributed by atoms with Crippen LogP contribution in [0.25, 0.3) is 11.3 Å². The number of anilines is 1. The van der Waals surface area contributed by atoms with Crippen LogP contribution in [0.15, 0.2) is 18.2 Å². The molecule has 0 bridgehead atoms. The van der Waals surface area contributed by atoms with E-state index < -0.39 is 0 Å². The Kier molecular flexibility index (Phi) is 4.94. The Morgan fingerprint density at radius 3 is 2.62 bits per heavy atom. The van der Waals surface area contributed by atoms with E-state index in [9.17, 15) is 0 Å². The molecule has 0 spiro atoms. The Balaban J connectivity index is 2.50. The van der Waals surface area contributed by atoms with Gasteiger partial charge in [-0.25, -0.2) is 4.98 Å². The van der Waals surface area contributed by atoms with Gasteiger partial charge in [0.05, 0.1) is 0 Å². The average Bonchev–Trinajstić information content (AvgIpc) is 2.71. The highest BCUT2D eigenvalue weighted by atomic mass is 35.5. The first-order chi connectivity index (χ1) is 9.93. The van der Waals surface area contributed by atoms with Gasteiger partial charge in [0, 0.05) is 23.6 Å². The lowest BCUT2D eigenvalue weighted by Gasteiger charge is -2.12. The van der Waals surface area contributed by atoms with Gasteiger partial charge in [-0.15, -0.1) is 0 Å². The molecule has 2 rings (SSSR count). The molecule has 0 fully saturated rings. The molecule has 0 aliphatic heterocycles. The largest absolute Gasteiger partial charge is 0.383 e. The Morgan fingerprint density at radius 2 is 2.05 bits per heavy atom. The van der Waals surface area contributed by atoms with E-state index in [1.54, 1.807) is 0 Å². The Labute approximate surface area is 132 Å². The Hall–Kier alpha value is -1.48. The fourth-order valence-electron chi connectivity index (χ4n) is 2.45. The van der Waals surface area contributed by atoms with Crippen LogP contribution in [0.4, 0.5) is 5.82 Å². The van der Waals surface area contributed by atoms with Gasteiger partial charge in [-0.2, -0.15) is 0 Å². The quantitative estimate of drug-likeness (QED) is 0.870. The zero-order valence-electron chi connectivity index (χ0n) is 13.3. The summed E-state index contributed by atoms with van der Waals surface area (Å²) in [6.45, 7) is 9.44. The lowest BCUT2D eigenvalue weighted by Crippen LogP contribution is -2.11. The molecule has 0 unspecified atom stereocenters. The molecule has 0 aliphatic carbocycles. The number of aryl methyl sites for hydroxylation is 2. The lowest BCUT2D eigenvalue weighted by atomic mass is 10.1. The Bertz CT molecular complexity index is 629. The van der Waals surface area contributed by atoms with Crippen molar-refractivity contribution in [3.05, 3.63) is 34.6 Å². The van der Waals surface area contributed by atoms with Crippen LogP contribution in [0, 0.1) is 12.8 Å². The number of halogens is 1. The predicted octanol–water partition coefficient (Wildman–Crippen LogP) is 4.70. The third-order valence-corrected chi connectivity index (χ3v) is 3.96. The number of nitrogens with two attached hydrogens (primary N) is 1. The molecule has 2 aromatic rings. The van der Waals surface area contributed by atoms with Crippen LogP contribution in [-0.2, 0) is 13.0 Å². The third-order valence-electron chi connectivity index (χ3n) is 3.55. The number of imidazole rings is 1. The molecule has 4 heteroatoms. The maximum atomic E-state index is 6.36. The molecule has 0 atom stereocenters. The van der Waals surface area contributed by atoms with Crippen LogP contribution in [0.2, 0.25) is 5.02 Å². The van der Waals surface area contributed by atoms with Crippen LogP contribution >= 0.6 is 11.6 Å². The molecule has 0 amide bonds. The topological polar surface area (TPSA) is 43.8 Å². The van der Waals surface area contributed by atoms with Crippen LogP contribution in [0.1, 0.15) is 38.6 Å². The van der Waals surface area contributed by atoms with E-state index in [1.165, 1.54) is 0 Å². The first-order valence-corrected chi connectivity index (χ1v) is 7.93. The molecule has 114 valence electrons. The number of hydrogen-bond donors (Lipinski definition) is 1. The summed E-state index contributed by atoms with van der Waals surface area (Å²) in [7, 11) is 0. The molecule has 1 aromatic carbocycles. The number of nitrogen functional groups attached to an aromatic ring is 1. The van der Waals surface area contributed by atoms with Gasteiger partial charge < -0.3 is 10.3 Å². The highest BCUT2D eigenvalue weighted by Gasteiger charge is 2.17. The van der Waals surface area contributed by atoms with E-state index >= 15 is 0 Å². The van der Waals surface area contributed by atoms with Crippen LogP contribution in [-0.4, -0.2) is 9.55 Å². The first kappa shape index (κ1) is 15.9. The second-order valence-corrected chi connectivity index (χ2v) is 6.39. The number of benzene rings is 1. The van der Waals surface area contributed by atoms with Gasteiger partial charge in [0.15, 0.2) is 0 Å². The normalized spacial score (nSPS) is 11.3. The molecular formula is C17H24ClN3. The summed E-state index contributed by atoms with van der Waals surface area (Å²) in [6, 6.07) is 6.00. The maximum Gasteiger partial charge on any atom is 0.131 e. The summed E-state index contributed by atoms with van der Waals surface area (Å²) >= 11 is 6.23. The second kappa shape index (κ2) is 6.52. The molecular weight excluding hydrogens is 282 g/mol. The van der Waals surface area contributed by atoms with Gasteiger partial charge in [0.25, 0.3) is 0 Å². The number of aromatic nitrogens is 2. The molecule has 3 nitrogen and oxygen atoms in total. The summed E-state index contributed by atoms with van der Waals surface area (Å²) in [4.78, 5) is 4.77. The van der Waals surface area contributed by atoms with E-state index in [4.69, 9.17) is 22.3 Å². The van der Waals surface area contributed by atoms with Crippen molar-refractivity contribution < 1.29 is 0 Å². The minimum atomic E-state index is 0.534. The zero-order chi connectivity index (χ0) is 15.6. The SMILES string of the molecule is CCCc1nc(-c2ccc(C)c(Cl)c2)c(N)n1CC(C)C. The maximum absolute atomic E-state index is 6.36. The predicted molar refractivity (Wildman–Crippen MR) is 90.7 cm³/mol. The molecule has 0 aliphatic rings. The summed E-state index contributed by atoms with van der Waals surface area (Å²) in [5.41, 5.74) is 9.26. The number of hydrogen-bond acceptors (Lipinski definition) is 2. The van der Waals surface area contributed by atoms with Gasteiger partial charge in [0.2, 0.25) is 0 Å². The second-order valence-electron chi connectivity index (χ2n) is 5.98. The molecule has 0 saturated carbocycles. The summed E-state index contributed by atoms with van der Waals surface area (Å²) in [6.07, 6.45) is 2.00. The third kappa shape index (κ3) is 3.41. The van der Waals surface area contributed by atoms with Gasteiger partial charge in [-0.05, 0) is 30.9 Å². The van der Waals surface area contributed by atoms with Crippen molar-refractivity contribution >= 4 is 17.4 Å². The summed E-state index contributed by atoms with van der Waals surface area (Å²) < 4.78 is 2.15. The van der Waals surface area contributed by atoms with Gasteiger partial charge >= 0.3 is 0 Å². The van der Waals surface area contributed by atoms with E-state index in [2.05, 4.69) is 25.3 Å². The molecule has 0 radical (unpaired) electrons. The van der Waals surface area contributed by atoms with Crippen LogP contribution in [0.5, 0.6) is 0 Å². The molecule has 21 heavy (non-hydrogen) atoms. The highest BCUT2D eigenvalue weighted by molar-refractivity contribution is 6.31. The standard InChI is InChI=1S/C17H24ClN3/c1-5-6-15-20-16(17(19)21(15)10-11(2)3)13-8-7-12(4)14(18)9-13/h7-9,11H,5-6,10,19H2,1-4H3. The number of rotatable bonds is 5. The van der Waals surface area contributed by atoms with Crippen LogP contribution < -0.4 is 5.73 Å². The minimum Gasteiger partial charge on any atom is -0.383 e. The smallest absolute Gasteiger partial charge is 0.131 e. The van der Waals surface area contributed by atoms with Crippen molar-refractivity contribution in [3.63, 3.8) is 0 Å². The van der Waals surface area contributed by atoms with E-state index in [1.807, 2.05) is 25.1 Å². The molecule has 0 saturated heterocycles. The first-order valence-electron chi connectivity index (χ1n) is 7.55. The van der Waals surface area contributed by atoms with Gasteiger partial charge in [-0.3, -0.25) is 0 Å². The molecule has 1 heterocycles. The van der Waals surface area contributed by atoms with Crippen molar-refractivity contribution in [2.45, 2.75) is 47.1 Å². The van der Waals surface area contributed by atoms with Crippen molar-refractivity contribution in [2.75, 3.05) is 5.73 Å². The van der Waals surface area contributed by atoms with Crippen molar-refractivity contribution in [3.8, 4) is 11.3 Å². The monoisotopic (exact) mass is 305 g/mol. The number of nitrogens with zero attached hydrogens (tertiary/aromatic N) is 2. The average molecular weight is 306 g/mol. The van der Waals surface area contributed by atoms with Crippen LogP contribution in [0.3, 0.4) is 0 Å². The summed E-state index contributed by atoms with van der Waals surface area (Å²) in [5, 5.41) is 0.752. The van der Waals surface area contributed by atoms with Crippen molar-refractivity contribution in [1.29, 1.82) is 0 Å². The van der Waals surface area contributed by atoms with E-state index in [-0.39, 0.29) is 0 Å². The fraction of sp³-hybridized carbons (Fsp3) is 0.471. The van der Waals surface area contributed by atoms with Crippen molar-refractivity contribution in [2.24, 2.45) is 5.92 Å². The minimum absolute atomic E-state index is 0.534. The van der Waals surface area contributed by atoms with Crippen molar-refractivity contribution in [1.82, 2.24) is 9.55 Å². The van der Waals surface area contributed by atoms with E-state index in [0.29, 0.717) is 5.92 Å². The molecule has 2 N–H and O–H groups in total. The van der Waals surface area contributed by atoms with Gasteiger partial charge in [0.1, 0.15) is 17.3 Å². The lowest BCUT2D eigenvalue weighted by molar-refractivity contribution is 0.510. The Morgan fingerprint density at radius 1 is 1.33 bits per heavy atom. The highest BCUT2D eigenvalue weighted by Crippen LogP contribution is 2.30. The van der Waals surface area contributed by atoms with Gasteiger partial charge in [-0.1, -0.05) is 44.5 Å².